The summed E-state index contributed by atoms with van der Waals surface area (Å²) in [5, 5.41) is 0. The zero-order valence-electron chi connectivity index (χ0n) is 7.70. The summed E-state index contributed by atoms with van der Waals surface area (Å²) in [7, 11) is 0. The molecule has 5 heteroatoms. The van der Waals surface area contributed by atoms with Crippen LogP contribution in [0.5, 0.6) is 0 Å². The highest BCUT2D eigenvalue weighted by Crippen LogP contribution is 2.58. The fourth-order valence-corrected chi connectivity index (χ4v) is 2.54. The average Bonchev–Trinajstić information content (AvgIpc) is 2.60. The number of halogens is 4. The van der Waals surface area contributed by atoms with Crippen molar-refractivity contribution in [1.29, 1.82) is 0 Å². The molecule has 2 N–H and O–H groups in total. The van der Waals surface area contributed by atoms with Crippen LogP contribution in [0.1, 0.15) is 32.1 Å². The molecule has 2 atom stereocenters. The maximum atomic E-state index is 13.8. The van der Waals surface area contributed by atoms with E-state index in [0.29, 0.717) is 19.3 Å². The Hall–Kier alpha value is -0.320. The molecule has 0 aromatic carbocycles. The first-order valence-corrected chi connectivity index (χ1v) is 4.84. The van der Waals surface area contributed by atoms with Crippen molar-refractivity contribution < 1.29 is 17.6 Å². The van der Waals surface area contributed by atoms with E-state index in [2.05, 4.69) is 0 Å². The van der Waals surface area contributed by atoms with Gasteiger partial charge < -0.3 is 5.73 Å². The van der Waals surface area contributed by atoms with Gasteiger partial charge in [-0.05, 0) is 32.1 Å². The van der Waals surface area contributed by atoms with E-state index >= 15 is 0 Å². The standard InChI is InChI=1S/C9H13F4N/c10-8(9(11,12)13)3-1-2-6(8)7(14)4-5-7/h6H,1-5,14H2. The molecule has 0 saturated heterocycles. The number of hydrogen-bond acceptors (Lipinski definition) is 1. The molecule has 0 aromatic heterocycles. The summed E-state index contributed by atoms with van der Waals surface area (Å²) in [5.41, 5.74) is 1.78. The highest BCUT2D eigenvalue weighted by atomic mass is 19.4. The van der Waals surface area contributed by atoms with E-state index in [4.69, 9.17) is 5.73 Å². The third kappa shape index (κ3) is 1.25. The first kappa shape index (κ1) is 10.2. The van der Waals surface area contributed by atoms with Crippen LogP contribution in [-0.4, -0.2) is 17.4 Å². The lowest BCUT2D eigenvalue weighted by atomic mass is 9.84. The molecule has 2 unspecified atom stereocenters. The summed E-state index contributed by atoms with van der Waals surface area (Å²) in [4.78, 5) is 0. The third-order valence-corrected chi connectivity index (χ3v) is 3.58. The summed E-state index contributed by atoms with van der Waals surface area (Å²) in [6.07, 6.45) is -3.56. The lowest BCUT2D eigenvalue weighted by Crippen LogP contribution is -2.51. The van der Waals surface area contributed by atoms with E-state index in [-0.39, 0.29) is 6.42 Å². The van der Waals surface area contributed by atoms with Crippen LogP contribution < -0.4 is 5.73 Å². The Balaban J connectivity index is 2.25. The molecule has 0 radical (unpaired) electrons. The van der Waals surface area contributed by atoms with Gasteiger partial charge in [0.15, 0.2) is 0 Å². The number of alkyl halides is 4. The molecule has 82 valence electrons. The van der Waals surface area contributed by atoms with Crippen molar-refractivity contribution in [2.24, 2.45) is 11.7 Å². The van der Waals surface area contributed by atoms with Gasteiger partial charge in [0.1, 0.15) is 0 Å². The van der Waals surface area contributed by atoms with Gasteiger partial charge in [0.25, 0.3) is 0 Å². The molecule has 2 saturated carbocycles. The van der Waals surface area contributed by atoms with E-state index in [9.17, 15) is 17.6 Å². The summed E-state index contributed by atoms with van der Waals surface area (Å²) < 4.78 is 51.4. The Bertz CT molecular complexity index is 246. The maximum Gasteiger partial charge on any atom is 0.422 e. The molecule has 1 nitrogen and oxygen atoms in total. The quantitative estimate of drug-likeness (QED) is 0.663. The second kappa shape index (κ2) is 2.62. The van der Waals surface area contributed by atoms with Crippen LogP contribution in [0.25, 0.3) is 0 Å². The second-order valence-corrected chi connectivity index (χ2v) is 4.54. The topological polar surface area (TPSA) is 26.0 Å². The molecule has 0 spiro atoms. The average molecular weight is 211 g/mol. The number of hydrogen-bond donors (Lipinski definition) is 1. The highest BCUT2D eigenvalue weighted by molar-refractivity contribution is 5.14. The van der Waals surface area contributed by atoms with Gasteiger partial charge in [-0.25, -0.2) is 4.39 Å². The maximum absolute atomic E-state index is 13.8. The molecule has 2 aliphatic carbocycles. The zero-order chi connectivity index (χ0) is 10.6. The zero-order valence-corrected chi connectivity index (χ0v) is 7.70. The Morgan fingerprint density at radius 3 is 2.14 bits per heavy atom. The SMILES string of the molecule is NC1(C2CCCC2(F)C(F)(F)F)CC1. The Morgan fingerprint density at radius 1 is 1.14 bits per heavy atom. The molecule has 0 aromatic rings. The number of rotatable bonds is 1. The van der Waals surface area contributed by atoms with Crippen LogP contribution in [0, 0.1) is 5.92 Å². The summed E-state index contributed by atoms with van der Waals surface area (Å²) in [6.45, 7) is 0. The first-order chi connectivity index (χ1) is 6.30. The van der Waals surface area contributed by atoms with Crippen LogP contribution in [0.15, 0.2) is 0 Å². The largest absolute Gasteiger partial charge is 0.422 e. The molecule has 2 rings (SSSR count). The third-order valence-electron chi connectivity index (χ3n) is 3.58. The van der Waals surface area contributed by atoms with Gasteiger partial charge in [0, 0.05) is 11.5 Å². The van der Waals surface area contributed by atoms with Gasteiger partial charge in [0.05, 0.1) is 0 Å². The van der Waals surface area contributed by atoms with E-state index in [0.717, 1.165) is 0 Å². The van der Waals surface area contributed by atoms with Gasteiger partial charge in [-0.1, -0.05) is 0 Å². The monoisotopic (exact) mass is 211 g/mol. The van der Waals surface area contributed by atoms with E-state index in [1.165, 1.54) is 0 Å². The van der Waals surface area contributed by atoms with Crippen LogP contribution in [0.4, 0.5) is 17.6 Å². The van der Waals surface area contributed by atoms with E-state index < -0.39 is 29.7 Å². The van der Waals surface area contributed by atoms with E-state index in [1.807, 2.05) is 0 Å². The summed E-state index contributed by atoms with van der Waals surface area (Å²) >= 11 is 0. The van der Waals surface area contributed by atoms with Crippen LogP contribution in [0.2, 0.25) is 0 Å². The fraction of sp³-hybridized carbons (Fsp3) is 1.00. The van der Waals surface area contributed by atoms with Crippen LogP contribution >= 0.6 is 0 Å². The molecule has 0 bridgehead atoms. The van der Waals surface area contributed by atoms with Crippen molar-refractivity contribution >= 4 is 0 Å². The predicted molar refractivity (Wildman–Crippen MR) is 43.4 cm³/mol. The molecule has 2 fully saturated rings. The molecule has 0 heterocycles. The Labute approximate surface area is 79.6 Å². The minimum atomic E-state index is -4.76. The molecular formula is C9H13F4N. The molecular weight excluding hydrogens is 198 g/mol. The van der Waals surface area contributed by atoms with Crippen LogP contribution in [0.3, 0.4) is 0 Å². The van der Waals surface area contributed by atoms with Gasteiger partial charge >= 0.3 is 6.18 Å². The van der Waals surface area contributed by atoms with Crippen molar-refractivity contribution in [1.82, 2.24) is 0 Å². The van der Waals surface area contributed by atoms with Gasteiger partial charge in [-0.15, -0.1) is 0 Å². The van der Waals surface area contributed by atoms with Gasteiger partial charge in [-0.2, -0.15) is 13.2 Å². The van der Waals surface area contributed by atoms with Gasteiger partial charge in [-0.3, -0.25) is 0 Å². The van der Waals surface area contributed by atoms with Crippen molar-refractivity contribution in [3.05, 3.63) is 0 Å². The second-order valence-electron chi connectivity index (χ2n) is 4.54. The molecule has 0 aliphatic heterocycles. The Kier molecular flexibility index (Phi) is 1.91. The molecule has 0 amide bonds. The fourth-order valence-electron chi connectivity index (χ4n) is 2.54. The Morgan fingerprint density at radius 2 is 1.71 bits per heavy atom. The van der Waals surface area contributed by atoms with E-state index in [1.54, 1.807) is 0 Å². The summed E-state index contributed by atoms with van der Waals surface area (Å²) in [6, 6.07) is 0. The van der Waals surface area contributed by atoms with Crippen molar-refractivity contribution in [3.8, 4) is 0 Å². The molecule has 14 heavy (non-hydrogen) atoms. The lowest BCUT2D eigenvalue weighted by Gasteiger charge is -2.33. The van der Waals surface area contributed by atoms with Crippen molar-refractivity contribution in [2.75, 3.05) is 0 Å². The first-order valence-electron chi connectivity index (χ1n) is 4.84. The molecule has 2 aliphatic rings. The predicted octanol–water partition coefficient (Wildman–Crippen LogP) is 2.55. The number of nitrogens with two attached hydrogens (primary N) is 1. The van der Waals surface area contributed by atoms with Crippen molar-refractivity contribution in [2.45, 2.75) is 49.5 Å². The lowest BCUT2D eigenvalue weighted by molar-refractivity contribution is -0.245. The van der Waals surface area contributed by atoms with Crippen LogP contribution in [-0.2, 0) is 0 Å². The van der Waals surface area contributed by atoms with Crippen molar-refractivity contribution in [3.63, 3.8) is 0 Å². The minimum Gasteiger partial charge on any atom is -0.325 e. The normalized spacial score (nSPS) is 41.4. The summed E-state index contributed by atoms with van der Waals surface area (Å²) in [5.74, 6) is -1.02. The minimum absolute atomic E-state index is 0.270. The highest BCUT2D eigenvalue weighted by Gasteiger charge is 2.68. The smallest absolute Gasteiger partial charge is 0.325 e. The van der Waals surface area contributed by atoms with Gasteiger partial charge in [0.2, 0.25) is 5.67 Å².